The molecule has 1 aliphatic carbocycles. The van der Waals surface area contributed by atoms with Crippen molar-refractivity contribution in [3.05, 3.63) is 229 Å². The van der Waals surface area contributed by atoms with Gasteiger partial charge in [0, 0.05) is 50.2 Å². The maximum Gasteiger partial charge on any atom is 0.164 e. The molecule has 306 valence electrons. The lowest BCUT2D eigenvalue weighted by Gasteiger charge is -2.26. The molecule has 10 aromatic rings. The minimum atomic E-state index is 0.650. The normalized spacial score (nSPS) is 12.6. The quantitative estimate of drug-likeness (QED) is 0.145. The second-order valence-electron chi connectivity index (χ2n) is 16.5. The fourth-order valence-electron chi connectivity index (χ4n) is 9.18. The number of fused-ring (bicyclic) bond motifs is 3. The number of benzene rings is 8. The summed E-state index contributed by atoms with van der Waals surface area (Å²) in [5.41, 5.74) is 16.5. The van der Waals surface area contributed by atoms with Crippen LogP contribution in [0.1, 0.15) is 31.2 Å². The molecule has 5 nitrogen and oxygen atoms in total. The zero-order chi connectivity index (χ0) is 43.0. The largest absolute Gasteiger partial charge is 0.310 e. The predicted molar refractivity (Wildman–Crippen MR) is 266 cm³/mol. The Morgan fingerprint density at radius 3 is 1.81 bits per heavy atom. The second-order valence-corrected chi connectivity index (χ2v) is 16.5. The Hall–Kier alpha value is -8.15. The Balaban J connectivity index is 1.07. The van der Waals surface area contributed by atoms with Crippen LogP contribution in [0.25, 0.3) is 78.1 Å². The molecule has 0 saturated carbocycles. The van der Waals surface area contributed by atoms with Gasteiger partial charge in [0.05, 0.1) is 11.0 Å². The maximum absolute atomic E-state index is 5.24. The number of hydrogen-bond acceptors (Lipinski definition) is 4. The van der Waals surface area contributed by atoms with Gasteiger partial charge in [-0.2, -0.15) is 0 Å². The van der Waals surface area contributed by atoms with Crippen LogP contribution in [-0.4, -0.2) is 19.5 Å². The van der Waals surface area contributed by atoms with Gasteiger partial charge < -0.3 is 9.47 Å². The summed E-state index contributed by atoms with van der Waals surface area (Å²) in [4.78, 5) is 17.9. The predicted octanol–water partition coefficient (Wildman–Crippen LogP) is 15.5. The molecule has 0 aliphatic heterocycles. The Morgan fingerprint density at radius 1 is 0.438 bits per heavy atom. The number of aryl methyl sites for hydroxylation is 1. The Morgan fingerprint density at radius 2 is 1.03 bits per heavy atom. The summed E-state index contributed by atoms with van der Waals surface area (Å²) in [5, 5.41) is 2.40. The van der Waals surface area contributed by atoms with Gasteiger partial charge in [0.15, 0.2) is 17.5 Å². The molecule has 0 saturated heterocycles. The minimum Gasteiger partial charge on any atom is -0.310 e. The van der Waals surface area contributed by atoms with Gasteiger partial charge in [-0.05, 0) is 115 Å². The Kier molecular flexibility index (Phi) is 10.1. The van der Waals surface area contributed by atoms with Crippen LogP contribution >= 0.6 is 0 Å². The molecule has 64 heavy (non-hydrogen) atoms. The van der Waals surface area contributed by atoms with Crippen LogP contribution in [0.4, 0.5) is 17.1 Å². The number of allylic oxidation sites excluding steroid dienone is 4. The van der Waals surface area contributed by atoms with E-state index in [1.165, 1.54) is 33.0 Å². The van der Waals surface area contributed by atoms with E-state index in [9.17, 15) is 0 Å². The summed E-state index contributed by atoms with van der Waals surface area (Å²) in [6.07, 6.45) is 6.41. The van der Waals surface area contributed by atoms with Crippen LogP contribution in [0.3, 0.4) is 0 Å². The lowest BCUT2D eigenvalue weighted by molar-refractivity contribution is 0.951. The van der Waals surface area contributed by atoms with E-state index in [0.29, 0.717) is 17.5 Å². The first-order valence-electron chi connectivity index (χ1n) is 22.0. The zero-order valence-electron chi connectivity index (χ0n) is 35.9. The molecule has 8 aromatic carbocycles. The highest BCUT2D eigenvalue weighted by molar-refractivity contribution is 6.10. The van der Waals surface area contributed by atoms with Crippen LogP contribution in [-0.2, 0) is 0 Å². The molecule has 5 heteroatoms. The summed E-state index contributed by atoms with van der Waals surface area (Å²) in [7, 11) is 0. The average molecular weight is 824 g/mol. The molecular weight excluding hydrogens is 779 g/mol. The van der Waals surface area contributed by atoms with Crippen molar-refractivity contribution in [3.8, 4) is 50.7 Å². The third-order valence-electron chi connectivity index (χ3n) is 12.4. The molecule has 0 spiro atoms. The highest BCUT2D eigenvalue weighted by Gasteiger charge is 2.21. The summed E-state index contributed by atoms with van der Waals surface area (Å²) in [6.45, 7) is 4.30. The molecule has 1 aliphatic rings. The van der Waals surface area contributed by atoms with Gasteiger partial charge in [-0.25, -0.2) is 15.0 Å². The third-order valence-corrected chi connectivity index (χ3v) is 12.4. The van der Waals surface area contributed by atoms with E-state index < -0.39 is 0 Å². The lowest BCUT2D eigenvalue weighted by atomic mass is 9.97. The molecular formula is C59H45N5. The van der Waals surface area contributed by atoms with Crippen LogP contribution in [0.5, 0.6) is 0 Å². The van der Waals surface area contributed by atoms with Crippen molar-refractivity contribution in [2.45, 2.75) is 26.7 Å². The molecule has 0 N–H and O–H groups in total. The van der Waals surface area contributed by atoms with Gasteiger partial charge in [0.2, 0.25) is 0 Å². The first-order valence-corrected chi connectivity index (χ1v) is 22.0. The van der Waals surface area contributed by atoms with Gasteiger partial charge in [-0.1, -0.05) is 157 Å². The zero-order valence-corrected chi connectivity index (χ0v) is 35.9. The van der Waals surface area contributed by atoms with Crippen molar-refractivity contribution in [1.82, 2.24) is 19.5 Å². The molecule has 0 fully saturated rings. The molecule has 0 bridgehead atoms. The minimum absolute atomic E-state index is 0.650. The number of anilines is 3. The van der Waals surface area contributed by atoms with Crippen molar-refractivity contribution in [3.63, 3.8) is 0 Å². The van der Waals surface area contributed by atoms with E-state index in [-0.39, 0.29) is 0 Å². The summed E-state index contributed by atoms with van der Waals surface area (Å²) < 4.78 is 2.37. The fourth-order valence-corrected chi connectivity index (χ4v) is 9.18. The fraction of sp³-hybridized carbons (Fsp3) is 0.0678. The standard InChI is InChI=1S/C59H45N5/c1-40-18-9-11-26-49(40)57-60-58(50-27-12-10-19-41(50)2)62-59(61-57)53-30-14-13-28-51(53)44-22-17-25-47(38-44)63(46-34-32-43(33-35-46)42-20-5-3-6-21-42)48-36-37-56-54(39-48)52-29-15-16-31-55(52)64(56)45-23-7-4-8-24-45/h3-9,11-18,20-39H,10,19H2,1-2H3. The van der Waals surface area contributed by atoms with E-state index in [4.69, 9.17) is 15.0 Å². The number of para-hydroxylation sites is 2. The van der Waals surface area contributed by atoms with Gasteiger partial charge in [0.25, 0.3) is 0 Å². The monoisotopic (exact) mass is 823 g/mol. The van der Waals surface area contributed by atoms with E-state index in [1.807, 2.05) is 0 Å². The van der Waals surface area contributed by atoms with Crippen LogP contribution in [0.2, 0.25) is 0 Å². The summed E-state index contributed by atoms with van der Waals surface area (Å²) >= 11 is 0. The molecule has 11 rings (SSSR count). The number of hydrogen-bond donors (Lipinski definition) is 0. The van der Waals surface area contributed by atoms with Crippen molar-refractivity contribution in [2.24, 2.45) is 0 Å². The van der Waals surface area contributed by atoms with E-state index in [1.54, 1.807) is 0 Å². The number of nitrogens with zero attached hydrogens (tertiary/aromatic N) is 5. The molecule has 2 aromatic heterocycles. The van der Waals surface area contributed by atoms with E-state index >= 15 is 0 Å². The average Bonchev–Trinajstić information content (AvgIpc) is 3.69. The first-order chi connectivity index (χ1) is 31.6. The number of rotatable bonds is 9. The maximum atomic E-state index is 5.24. The van der Waals surface area contributed by atoms with Crippen molar-refractivity contribution >= 4 is 44.4 Å². The lowest BCUT2D eigenvalue weighted by Crippen LogP contribution is -2.10. The first kappa shape index (κ1) is 38.7. The van der Waals surface area contributed by atoms with Crippen molar-refractivity contribution < 1.29 is 0 Å². The summed E-state index contributed by atoms with van der Waals surface area (Å²) in [6, 6.07) is 71.3. The summed E-state index contributed by atoms with van der Waals surface area (Å²) in [5.74, 6) is 2.03. The SMILES string of the molecule is CC1=C(c2nc(-c3ccccc3C)nc(-c3ccccc3-c3cccc(N(c4ccc(-c5ccccc5)cc4)c4ccc5c(c4)c4ccccc4n5-c4ccccc4)c3)n2)C=CCC1. The van der Waals surface area contributed by atoms with Crippen molar-refractivity contribution in [1.29, 1.82) is 0 Å². The van der Waals surface area contributed by atoms with Crippen LogP contribution in [0.15, 0.2) is 218 Å². The molecule has 2 heterocycles. The van der Waals surface area contributed by atoms with Crippen LogP contribution < -0.4 is 4.90 Å². The third kappa shape index (κ3) is 7.17. The highest BCUT2D eigenvalue weighted by Crippen LogP contribution is 2.42. The smallest absolute Gasteiger partial charge is 0.164 e. The second kappa shape index (κ2) is 16.6. The number of aromatic nitrogens is 4. The van der Waals surface area contributed by atoms with E-state index in [0.717, 1.165) is 74.5 Å². The van der Waals surface area contributed by atoms with Crippen LogP contribution in [0, 0.1) is 6.92 Å². The Bertz CT molecular complexity index is 3400. The molecule has 0 amide bonds. The molecule has 0 unspecified atom stereocenters. The highest BCUT2D eigenvalue weighted by atomic mass is 15.1. The van der Waals surface area contributed by atoms with Crippen molar-refractivity contribution in [2.75, 3.05) is 4.90 Å². The van der Waals surface area contributed by atoms with E-state index in [2.05, 4.69) is 236 Å². The Labute approximate surface area is 374 Å². The molecule has 0 radical (unpaired) electrons. The van der Waals surface area contributed by atoms with Gasteiger partial charge >= 0.3 is 0 Å². The topological polar surface area (TPSA) is 46.8 Å². The van der Waals surface area contributed by atoms with Gasteiger partial charge in [-0.3, -0.25) is 0 Å². The van der Waals surface area contributed by atoms with Gasteiger partial charge in [-0.15, -0.1) is 0 Å². The van der Waals surface area contributed by atoms with Gasteiger partial charge in [0.1, 0.15) is 0 Å². The molecule has 0 atom stereocenters.